The second-order valence-electron chi connectivity index (χ2n) is 4.79. The van der Waals surface area contributed by atoms with E-state index < -0.39 is 18.0 Å². The first-order valence-electron chi connectivity index (χ1n) is 6.76. The number of hydrogen-bond donors (Lipinski definition) is 3. The molecule has 0 aliphatic rings. The van der Waals surface area contributed by atoms with Crippen LogP contribution in [0.5, 0.6) is 0 Å². The fourth-order valence-corrected chi connectivity index (χ4v) is 2.48. The number of carboxylic acid groups (broad SMARTS) is 1. The van der Waals surface area contributed by atoms with E-state index in [1.54, 1.807) is 0 Å². The van der Waals surface area contributed by atoms with Gasteiger partial charge >= 0.3 is 5.97 Å². The van der Waals surface area contributed by atoms with Crippen LogP contribution in [0.25, 0.3) is 0 Å². The van der Waals surface area contributed by atoms with Crippen LogP contribution in [-0.4, -0.2) is 45.6 Å². The molecule has 22 heavy (non-hydrogen) atoms. The lowest BCUT2D eigenvalue weighted by Gasteiger charge is -2.17. The molecule has 0 unspecified atom stereocenters. The van der Waals surface area contributed by atoms with Crippen molar-refractivity contribution in [1.29, 1.82) is 0 Å². The number of rotatable bonds is 8. The van der Waals surface area contributed by atoms with Gasteiger partial charge in [0.2, 0.25) is 5.91 Å². The predicted octanol–water partition coefficient (Wildman–Crippen LogP) is 0.687. The molecular formula is C15H19NO5S. The summed E-state index contributed by atoms with van der Waals surface area (Å²) in [5.74, 6) is -1.94. The summed E-state index contributed by atoms with van der Waals surface area (Å²) < 4.78 is 0. The van der Waals surface area contributed by atoms with E-state index in [0.717, 1.165) is 17.3 Å². The maximum absolute atomic E-state index is 12.1. The van der Waals surface area contributed by atoms with Crippen LogP contribution in [0.4, 0.5) is 0 Å². The Labute approximate surface area is 132 Å². The molecular weight excluding hydrogens is 306 g/mol. The van der Waals surface area contributed by atoms with Crippen LogP contribution in [0.1, 0.15) is 12.5 Å². The van der Waals surface area contributed by atoms with Crippen LogP contribution in [0.3, 0.4) is 0 Å². The van der Waals surface area contributed by atoms with Crippen molar-refractivity contribution in [3.8, 4) is 0 Å². The van der Waals surface area contributed by atoms with E-state index in [-0.39, 0.29) is 17.6 Å². The van der Waals surface area contributed by atoms with Crippen LogP contribution in [0, 0.1) is 5.92 Å². The molecule has 1 rings (SSSR count). The largest absolute Gasteiger partial charge is 0.479 e. The van der Waals surface area contributed by atoms with Gasteiger partial charge in [-0.15, -0.1) is 0 Å². The SMILES string of the molecule is CC(=O)SC[C@H](Cc1ccccc1)C(=O)NC[C@H](O)C(=O)O. The Bertz CT molecular complexity index is 520. The average molecular weight is 325 g/mol. The smallest absolute Gasteiger partial charge is 0.334 e. The number of aliphatic hydroxyl groups excluding tert-OH is 1. The molecule has 0 radical (unpaired) electrons. The van der Waals surface area contributed by atoms with E-state index in [2.05, 4.69) is 5.32 Å². The zero-order valence-corrected chi connectivity index (χ0v) is 13.0. The van der Waals surface area contributed by atoms with E-state index in [1.165, 1.54) is 6.92 Å². The highest BCUT2D eigenvalue weighted by Crippen LogP contribution is 2.15. The van der Waals surface area contributed by atoms with E-state index in [0.29, 0.717) is 12.2 Å². The Hall–Kier alpha value is -1.86. The monoisotopic (exact) mass is 325 g/mol. The lowest BCUT2D eigenvalue weighted by Crippen LogP contribution is -2.40. The van der Waals surface area contributed by atoms with Gasteiger partial charge in [-0.3, -0.25) is 9.59 Å². The van der Waals surface area contributed by atoms with E-state index in [4.69, 9.17) is 5.11 Å². The number of thioether (sulfide) groups is 1. The average Bonchev–Trinajstić information content (AvgIpc) is 2.49. The molecule has 7 heteroatoms. The summed E-state index contributed by atoms with van der Waals surface area (Å²) in [5, 5.41) is 20.1. The van der Waals surface area contributed by atoms with Gasteiger partial charge in [-0.1, -0.05) is 42.1 Å². The van der Waals surface area contributed by atoms with Crippen LogP contribution in [0.15, 0.2) is 30.3 Å². The van der Waals surface area contributed by atoms with Crippen molar-refractivity contribution in [2.24, 2.45) is 5.92 Å². The molecule has 1 amide bonds. The molecule has 0 bridgehead atoms. The molecule has 0 aromatic heterocycles. The molecule has 120 valence electrons. The topological polar surface area (TPSA) is 104 Å². The molecule has 0 fully saturated rings. The Morgan fingerprint density at radius 2 is 1.86 bits per heavy atom. The van der Waals surface area contributed by atoms with E-state index in [1.807, 2.05) is 30.3 Å². The zero-order valence-electron chi connectivity index (χ0n) is 12.2. The molecule has 0 spiro atoms. The van der Waals surface area contributed by atoms with Gasteiger partial charge in [-0.05, 0) is 12.0 Å². The van der Waals surface area contributed by atoms with Gasteiger partial charge in [-0.2, -0.15) is 0 Å². The molecule has 0 aliphatic heterocycles. The number of amides is 1. The molecule has 1 aromatic rings. The summed E-state index contributed by atoms with van der Waals surface area (Å²) in [6.45, 7) is 1.07. The molecule has 1 aromatic carbocycles. The maximum Gasteiger partial charge on any atom is 0.334 e. The summed E-state index contributed by atoms with van der Waals surface area (Å²) >= 11 is 1.05. The first-order valence-corrected chi connectivity index (χ1v) is 7.74. The van der Waals surface area contributed by atoms with Crippen molar-refractivity contribution < 1.29 is 24.6 Å². The minimum atomic E-state index is -1.64. The lowest BCUT2D eigenvalue weighted by atomic mass is 10.0. The van der Waals surface area contributed by atoms with Crippen molar-refractivity contribution in [3.63, 3.8) is 0 Å². The quantitative estimate of drug-likeness (QED) is 0.649. The predicted molar refractivity (Wildman–Crippen MR) is 83.4 cm³/mol. The fourth-order valence-electron chi connectivity index (χ4n) is 1.77. The first-order chi connectivity index (χ1) is 10.4. The van der Waals surface area contributed by atoms with Crippen molar-refractivity contribution >= 4 is 28.8 Å². The van der Waals surface area contributed by atoms with Gasteiger partial charge in [0, 0.05) is 12.7 Å². The second-order valence-corrected chi connectivity index (χ2v) is 5.99. The number of carboxylic acids is 1. The van der Waals surface area contributed by atoms with Gasteiger partial charge in [0.05, 0.1) is 12.5 Å². The van der Waals surface area contributed by atoms with Gasteiger partial charge in [0.15, 0.2) is 11.2 Å². The van der Waals surface area contributed by atoms with Crippen LogP contribution >= 0.6 is 11.8 Å². The third-order valence-corrected chi connectivity index (χ3v) is 3.91. The Morgan fingerprint density at radius 1 is 1.23 bits per heavy atom. The normalized spacial score (nSPS) is 13.2. The Kier molecular flexibility index (Phi) is 7.62. The lowest BCUT2D eigenvalue weighted by molar-refractivity contribution is -0.146. The molecule has 0 saturated carbocycles. The summed E-state index contributed by atoms with van der Waals surface area (Å²) in [5.41, 5.74) is 0.950. The van der Waals surface area contributed by atoms with E-state index in [9.17, 15) is 19.5 Å². The van der Waals surface area contributed by atoms with Gasteiger partial charge in [0.1, 0.15) is 0 Å². The number of benzene rings is 1. The number of carbonyl (C=O) groups excluding carboxylic acids is 2. The third-order valence-electron chi connectivity index (χ3n) is 2.94. The highest BCUT2D eigenvalue weighted by atomic mass is 32.2. The standard InChI is InChI=1S/C15H19NO5S/c1-10(17)22-9-12(7-11-5-3-2-4-6-11)14(19)16-8-13(18)15(20)21/h2-6,12-13,18H,7-9H2,1H3,(H,16,19)(H,20,21)/t12-,13-/m0/s1. The molecule has 0 saturated heterocycles. The fraction of sp³-hybridized carbons (Fsp3) is 0.400. The van der Waals surface area contributed by atoms with Crippen LogP contribution in [-0.2, 0) is 20.8 Å². The highest BCUT2D eigenvalue weighted by Gasteiger charge is 2.22. The molecule has 0 aliphatic carbocycles. The summed E-state index contributed by atoms with van der Waals surface area (Å²) in [7, 11) is 0. The van der Waals surface area contributed by atoms with Crippen molar-refractivity contribution in [3.05, 3.63) is 35.9 Å². The van der Waals surface area contributed by atoms with Crippen LogP contribution < -0.4 is 5.32 Å². The zero-order chi connectivity index (χ0) is 16.5. The first kappa shape index (κ1) is 18.2. The number of aliphatic hydroxyl groups is 1. The van der Waals surface area contributed by atoms with Crippen molar-refractivity contribution in [2.45, 2.75) is 19.4 Å². The summed E-state index contributed by atoms with van der Waals surface area (Å²) in [4.78, 5) is 33.8. The number of nitrogens with one attached hydrogen (secondary N) is 1. The molecule has 3 N–H and O–H groups in total. The third kappa shape index (κ3) is 6.73. The molecule has 2 atom stereocenters. The number of aliphatic carboxylic acids is 1. The van der Waals surface area contributed by atoms with Gasteiger partial charge in [0.25, 0.3) is 0 Å². The molecule has 6 nitrogen and oxygen atoms in total. The van der Waals surface area contributed by atoms with E-state index >= 15 is 0 Å². The van der Waals surface area contributed by atoms with Crippen molar-refractivity contribution in [1.82, 2.24) is 5.32 Å². The Morgan fingerprint density at radius 3 is 2.41 bits per heavy atom. The second kappa shape index (κ2) is 9.22. The number of hydrogen-bond acceptors (Lipinski definition) is 5. The van der Waals surface area contributed by atoms with Crippen LogP contribution in [0.2, 0.25) is 0 Å². The Balaban J connectivity index is 2.65. The minimum Gasteiger partial charge on any atom is -0.479 e. The van der Waals surface area contributed by atoms with Crippen molar-refractivity contribution in [2.75, 3.05) is 12.3 Å². The summed E-state index contributed by atoms with van der Waals surface area (Å²) in [6.07, 6.45) is -1.20. The minimum absolute atomic E-state index is 0.0866. The van der Waals surface area contributed by atoms with Gasteiger partial charge in [-0.25, -0.2) is 4.79 Å². The van der Waals surface area contributed by atoms with Gasteiger partial charge < -0.3 is 15.5 Å². The number of carbonyl (C=O) groups is 3. The highest BCUT2D eigenvalue weighted by molar-refractivity contribution is 8.13. The maximum atomic E-state index is 12.1. The molecule has 0 heterocycles. The summed E-state index contributed by atoms with van der Waals surface area (Å²) in [6, 6.07) is 9.34.